The monoisotopic (exact) mass is 482 g/mol. The second-order valence-corrected chi connectivity index (χ2v) is 7.02. The molecule has 3 rings (SSSR count). The van der Waals surface area contributed by atoms with Crippen LogP contribution in [0.4, 0.5) is 5.88 Å². The van der Waals surface area contributed by atoms with Crippen LogP contribution in [-0.2, 0) is 4.74 Å². The summed E-state index contributed by atoms with van der Waals surface area (Å²) in [6, 6.07) is 10.0. The Labute approximate surface area is 165 Å². The fourth-order valence-corrected chi connectivity index (χ4v) is 3.62. The van der Waals surface area contributed by atoms with E-state index in [2.05, 4.69) is 37.1 Å². The highest BCUT2D eigenvalue weighted by atomic mass is 79.9. The van der Waals surface area contributed by atoms with Crippen LogP contribution in [0.2, 0.25) is 0 Å². The van der Waals surface area contributed by atoms with E-state index in [4.69, 9.17) is 15.0 Å². The second-order valence-electron chi connectivity index (χ2n) is 5.25. The lowest BCUT2D eigenvalue weighted by Gasteiger charge is -2.04. The maximum Gasteiger partial charge on any atom is 0.338 e. The van der Waals surface area contributed by atoms with E-state index in [1.165, 1.54) is 4.68 Å². The number of phenols is 1. The number of hydrogen-bond donors (Lipinski definition) is 2. The molecule has 3 N–H and O–H groups in total. The van der Waals surface area contributed by atoms with Crippen molar-refractivity contribution in [2.45, 2.75) is 6.92 Å². The number of anilines is 1. The molecule has 0 saturated heterocycles. The maximum absolute atomic E-state index is 11.8. The summed E-state index contributed by atoms with van der Waals surface area (Å²) < 4.78 is 12.8. The number of aromatic hydroxyl groups is 1. The molecule has 134 valence electrons. The van der Waals surface area contributed by atoms with Gasteiger partial charge in [-0.2, -0.15) is 0 Å². The number of nitrogens with zero attached hydrogens (tertiary/aromatic N) is 2. The number of nitrogen functional groups attached to an aromatic ring is 1. The van der Waals surface area contributed by atoms with Crippen molar-refractivity contribution in [2.24, 2.45) is 0 Å². The molecule has 0 atom stereocenters. The van der Waals surface area contributed by atoms with E-state index in [1.807, 2.05) is 0 Å². The maximum atomic E-state index is 11.8. The van der Waals surface area contributed by atoms with Crippen LogP contribution in [-0.4, -0.2) is 23.0 Å². The Morgan fingerprint density at radius 3 is 2.65 bits per heavy atom. The Morgan fingerprint density at radius 1 is 1.31 bits per heavy atom. The minimum atomic E-state index is -0.405. The normalized spacial score (nSPS) is 10.7. The van der Waals surface area contributed by atoms with Crippen LogP contribution in [0, 0.1) is 0 Å². The lowest BCUT2D eigenvalue weighted by atomic mass is 10.1. The van der Waals surface area contributed by atoms with Crippen molar-refractivity contribution < 1.29 is 23.8 Å². The number of halogens is 2. The largest absolute Gasteiger partial charge is 0.506 e. The van der Waals surface area contributed by atoms with Crippen molar-refractivity contribution in [1.29, 1.82) is 0 Å². The lowest BCUT2D eigenvalue weighted by molar-refractivity contribution is -0.660. The van der Waals surface area contributed by atoms with Gasteiger partial charge in [-0.1, -0.05) is 15.9 Å². The average molecular weight is 484 g/mol. The number of benzene rings is 2. The van der Waals surface area contributed by atoms with E-state index >= 15 is 0 Å². The molecule has 0 aliphatic rings. The summed E-state index contributed by atoms with van der Waals surface area (Å²) >= 11 is 6.68. The fourth-order valence-electron chi connectivity index (χ4n) is 2.40. The highest BCUT2D eigenvalue weighted by Gasteiger charge is 2.30. The minimum absolute atomic E-state index is 0.00000581. The summed E-state index contributed by atoms with van der Waals surface area (Å²) in [6.07, 6.45) is 0. The van der Waals surface area contributed by atoms with Crippen molar-refractivity contribution in [2.75, 3.05) is 12.3 Å². The van der Waals surface area contributed by atoms with Gasteiger partial charge in [0.25, 0.3) is 0 Å². The molecule has 0 aliphatic carbocycles. The molecule has 0 fully saturated rings. The van der Waals surface area contributed by atoms with E-state index < -0.39 is 5.97 Å². The van der Waals surface area contributed by atoms with E-state index in [9.17, 15) is 9.90 Å². The van der Waals surface area contributed by atoms with Gasteiger partial charge in [0.2, 0.25) is 11.0 Å². The van der Waals surface area contributed by atoms with Crippen LogP contribution < -0.4 is 10.4 Å². The van der Waals surface area contributed by atoms with Crippen molar-refractivity contribution in [3.8, 4) is 22.7 Å². The van der Waals surface area contributed by atoms with Gasteiger partial charge in [0.1, 0.15) is 5.75 Å². The zero-order valence-corrected chi connectivity index (χ0v) is 16.7. The van der Waals surface area contributed by atoms with Gasteiger partial charge in [-0.05, 0) is 51.8 Å². The zero-order chi connectivity index (χ0) is 18.8. The Morgan fingerprint density at radius 2 is 2.00 bits per heavy atom. The van der Waals surface area contributed by atoms with Crippen molar-refractivity contribution in [3.05, 3.63) is 50.9 Å². The summed E-state index contributed by atoms with van der Waals surface area (Å²) in [4.78, 5) is 11.8. The Kier molecular flexibility index (Phi) is 5.28. The first-order valence-corrected chi connectivity index (χ1v) is 9.14. The summed E-state index contributed by atoms with van der Waals surface area (Å²) in [5.41, 5.74) is 7.76. The topological polar surface area (TPSA) is 102 Å². The first kappa shape index (κ1) is 18.4. The van der Waals surface area contributed by atoms with Crippen molar-refractivity contribution in [1.82, 2.24) is 5.27 Å². The Balaban J connectivity index is 2.08. The van der Waals surface area contributed by atoms with E-state index in [0.29, 0.717) is 33.6 Å². The molecule has 0 saturated carbocycles. The first-order valence-electron chi connectivity index (χ1n) is 7.55. The molecule has 7 nitrogen and oxygen atoms in total. The van der Waals surface area contributed by atoms with Crippen molar-refractivity contribution in [3.63, 3.8) is 0 Å². The molecule has 3 aromatic rings. The fraction of sp³-hybridized carbons (Fsp3) is 0.118. The Bertz CT molecular complexity index is 971. The average Bonchev–Trinajstić information content (AvgIpc) is 3.00. The molecule has 0 amide bonds. The highest BCUT2D eigenvalue weighted by Crippen LogP contribution is 2.39. The number of aromatic nitrogens is 2. The van der Waals surface area contributed by atoms with Crippen LogP contribution in [0.15, 0.2) is 49.9 Å². The quantitative estimate of drug-likeness (QED) is 0.434. The van der Waals surface area contributed by atoms with E-state index in [0.717, 1.165) is 4.47 Å². The highest BCUT2D eigenvalue weighted by molar-refractivity contribution is 9.11. The molecule has 0 spiro atoms. The number of hydrogen-bond acceptors (Lipinski definition) is 6. The third-order valence-corrected chi connectivity index (χ3v) is 4.63. The van der Waals surface area contributed by atoms with E-state index in [-0.39, 0.29) is 11.6 Å². The number of phenolic OH excluding ortho intramolecular Hbond substituents is 1. The van der Waals surface area contributed by atoms with Gasteiger partial charge in [0.05, 0.1) is 22.2 Å². The van der Waals surface area contributed by atoms with Gasteiger partial charge in [-0.25, -0.2) is 4.79 Å². The second kappa shape index (κ2) is 7.46. The lowest BCUT2D eigenvalue weighted by Crippen LogP contribution is -2.34. The number of esters is 1. The molecule has 0 aliphatic heterocycles. The zero-order valence-electron chi connectivity index (χ0n) is 13.6. The first-order chi connectivity index (χ1) is 12.4. The smallest absolute Gasteiger partial charge is 0.338 e. The van der Waals surface area contributed by atoms with Gasteiger partial charge in [0.15, 0.2) is 0 Å². The summed E-state index contributed by atoms with van der Waals surface area (Å²) in [7, 11) is 0. The molecule has 1 heterocycles. The van der Waals surface area contributed by atoms with E-state index in [1.54, 1.807) is 43.3 Å². The number of nitrogens with two attached hydrogens (primary N) is 1. The number of carbonyl (C=O) groups excluding carboxylic acids is 1. The Hall–Kier alpha value is -2.39. The molecule has 26 heavy (non-hydrogen) atoms. The molecule has 0 unspecified atom stereocenters. The van der Waals surface area contributed by atoms with Gasteiger partial charge in [0, 0.05) is 16.6 Å². The third kappa shape index (κ3) is 3.45. The van der Waals surface area contributed by atoms with Crippen LogP contribution in [0.3, 0.4) is 0 Å². The van der Waals surface area contributed by atoms with Crippen molar-refractivity contribution >= 4 is 43.7 Å². The van der Waals surface area contributed by atoms with Gasteiger partial charge >= 0.3 is 17.5 Å². The van der Waals surface area contributed by atoms with Crippen LogP contribution in [0.1, 0.15) is 17.3 Å². The third-order valence-electron chi connectivity index (χ3n) is 3.57. The minimum Gasteiger partial charge on any atom is -0.506 e. The van der Waals surface area contributed by atoms with Gasteiger partial charge in [-0.3, -0.25) is 4.52 Å². The van der Waals surface area contributed by atoms with Gasteiger partial charge in [-0.15, -0.1) is 0 Å². The molecule has 2 aromatic carbocycles. The SMILES string of the molecule is CCOC(=O)c1ccc(-[n+]2noc(N)c2-c2cc(Br)cc(Br)c2O)cc1. The standard InChI is InChI=1S/C17H13Br2N3O4/c1-2-25-17(24)9-3-5-11(6-4-9)22-14(16(20)26-21-22)12-7-10(18)8-13(19)15(12)23/h3-8,20-21H,2H2,1H3/p+1. The number of carbonyl (C=O) groups is 1. The van der Waals surface area contributed by atoms with Crippen LogP contribution >= 0.6 is 31.9 Å². The molecular weight excluding hydrogens is 470 g/mol. The summed E-state index contributed by atoms with van der Waals surface area (Å²) in [6.45, 7) is 2.05. The predicted octanol–water partition coefficient (Wildman–Crippen LogP) is 3.61. The molecule has 0 bridgehead atoms. The molecular formula is C17H14Br2N3O4+. The predicted molar refractivity (Wildman–Crippen MR) is 101 cm³/mol. The van der Waals surface area contributed by atoms with Crippen LogP contribution in [0.25, 0.3) is 16.9 Å². The van der Waals surface area contributed by atoms with Crippen LogP contribution in [0.5, 0.6) is 5.75 Å². The molecule has 1 aromatic heterocycles. The summed E-state index contributed by atoms with van der Waals surface area (Å²) in [5, 5.41) is 14.3. The molecule has 9 heteroatoms. The number of rotatable bonds is 4. The number of ether oxygens (including phenoxy) is 1. The summed E-state index contributed by atoms with van der Waals surface area (Å²) in [5.74, 6) is -0.364. The molecule has 0 radical (unpaired) electrons. The van der Waals surface area contributed by atoms with Gasteiger partial charge < -0.3 is 15.6 Å².